The van der Waals surface area contributed by atoms with Crippen LogP contribution >= 0.6 is 11.8 Å². The second kappa shape index (κ2) is 7.97. The summed E-state index contributed by atoms with van der Waals surface area (Å²) in [4.78, 5) is 31.3. The number of nitrogens with zero attached hydrogens (tertiary/aromatic N) is 1. The van der Waals surface area contributed by atoms with Crippen molar-refractivity contribution in [1.82, 2.24) is 9.97 Å². The molecule has 0 aliphatic rings. The van der Waals surface area contributed by atoms with E-state index >= 15 is 0 Å². The summed E-state index contributed by atoms with van der Waals surface area (Å²) < 4.78 is 12.9. The molecule has 2 aromatic carbocycles. The van der Waals surface area contributed by atoms with Crippen LogP contribution in [0.4, 0.5) is 10.1 Å². The minimum Gasteiger partial charge on any atom is -0.325 e. The maximum Gasteiger partial charge on any atom is 0.252 e. The van der Waals surface area contributed by atoms with Gasteiger partial charge in [-0.2, -0.15) is 0 Å². The molecule has 7 heteroatoms. The van der Waals surface area contributed by atoms with Gasteiger partial charge in [-0.1, -0.05) is 42.1 Å². The summed E-state index contributed by atoms with van der Waals surface area (Å²) in [6, 6.07) is 16.3. The molecule has 0 fully saturated rings. The number of rotatable bonds is 5. The monoisotopic (exact) mass is 369 g/mol. The molecule has 5 nitrogen and oxygen atoms in total. The fourth-order valence-corrected chi connectivity index (χ4v) is 3.06. The van der Waals surface area contributed by atoms with Crippen molar-refractivity contribution in [3.8, 4) is 11.3 Å². The molecule has 1 heterocycles. The van der Waals surface area contributed by atoms with Gasteiger partial charge in [-0.25, -0.2) is 9.37 Å². The molecule has 1 amide bonds. The molecule has 1 aromatic heterocycles. The molecular weight excluding hydrogens is 353 g/mol. The zero-order valence-electron chi connectivity index (χ0n) is 13.9. The summed E-state index contributed by atoms with van der Waals surface area (Å²) in [5.41, 5.74) is 1.59. The van der Waals surface area contributed by atoms with Crippen molar-refractivity contribution in [3.63, 3.8) is 0 Å². The highest BCUT2D eigenvalue weighted by atomic mass is 32.2. The third kappa shape index (κ3) is 4.58. The molecule has 0 saturated carbocycles. The molecule has 0 aliphatic heterocycles. The lowest BCUT2D eigenvalue weighted by molar-refractivity contribution is -0.115. The van der Waals surface area contributed by atoms with Gasteiger partial charge in [0.15, 0.2) is 5.16 Å². The summed E-state index contributed by atoms with van der Waals surface area (Å²) in [7, 11) is 0. The van der Waals surface area contributed by atoms with Crippen molar-refractivity contribution in [3.05, 3.63) is 76.8 Å². The number of halogens is 1. The Kier molecular flexibility index (Phi) is 5.48. The molecular formula is C19H16FN3O2S. The number of thioether (sulfide) groups is 1. The number of hydrogen-bond acceptors (Lipinski definition) is 4. The lowest BCUT2D eigenvalue weighted by atomic mass is 10.1. The van der Waals surface area contributed by atoms with E-state index in [1.54, 1.807) is 6.92 Å². The number of H-pyrrole nitrogens is 1. The average molecular weight is 369 g/mol. The molecule has 0 unspecified atom stereocenters. The third-order valence-electron chi connectivity index (χ3n) is 3.56. The van der Waals surface area contributed by atoms with E-state index in [0.29, 0.717) is 16.5 Å². The van der Waals surface area contributed by atoms with Crippen LogP contribution in [-0.4, -0.2) is 21.1 Å². The van der Waals surface area contributed by atoms with Crippen LogP contribution in [0.5, 0.6) is 0 Å². The first-order chi connectivity index (χ1) is 12.5. The van der Waals surface area contributed by atoms with Gasteiger partial charge in [-0.15, -0.1) is 0 Å². The molecule has 1 atom stereocenters. The first kappa shape index (κ1) is 17.9. The predicted octanol–water partition coefficient (Wildman–Crippen LogP) is 3.70. The van der Waals surface area contributed by atoms with Crippen LogP contribution in [0.2, 0.25) is 0 Å². The van der Waals surface area contributed by atoms with E-state index in [1.807, 2.05) is 30.3 Å². The summed E-state index contributed by atoms with van der Waals surface area (Å²) in [6.45, 7) is 1.71. The van der Waals surface area contributed by atoms with Gasteiger partial charge in [0.1, 0.15) is 5.82 Å². The molecule has 26 heavy (non-hydrogen) atoms. The Hall–Kier alpha value is -2.93. The Bertz CT molecular complexity index is 959. The number of hydrogen-bond donors (Lipinski definition) is 2. The van der Waals surface area contributed by atoms with Crippen LogP contribution in [0.3, 0.4) is 0 Å². The summed E-state index contributed by atoms with van der Waals surface area (Å²) in [6.07, 6.45) is 0. The van der Waals surface area contributed by atoms with Crippen molar-refractivity contribution in [2.24, 2.45) is 0 Å². The number of carbonyl (C=O) groups is 1. The van der Waals surface area contributed by atoms with Crippen LogP contribution in [-0.2, 0) is 4.79 Å². The maximum absolute atomic E-state index is 12.9. The van der Waals surface area contributed by atoms with Gasteiger partial charge in [0.25, 0.3) is 5.56 Å². The topological polar surface area (TPSA) is 74.8 Å². The summed E-state index contributed by atoms with van der Waals surface area (Å²) in [5, 5.41) is 2.56. The standard InChI is InChI=1S/C19H16FN3O2S/c1-12(18(25)21-15-9-7-14(20)8-10-15)26-19-22-16(11-17(24)23-19)13-5-3-2-4-6-13/h2-12H,1H3,(H,21,25)(H,22,23,24)/t12-/m1/s1. The number of benzene rings is 2. The van der Waals surface area contributed by atoms with Crippen molar-refractivity contribution < 1.29 is 9.18 Å². The Morgan fingerprint density at radius 3 is 2.54 bits per heavy atom. The molecule has 3 rings (SSSR count). The van der Waals surface area contributed by atoms with Gasteiger partial charge in [0.2, 0.25) is 5.91 Å². The zero-order valence-corrected chi connectivity index (χ0v) is 14.7. The van der Waals surface area contributed by atoms with Gasteiger partial charge in [0, 0.05) is 17.3 Å². The molecule has 0 saturated heterocycles. The Labute approximate surface area is 153 Å². The smallest absolute Gasteiger partial charge is 0.252 e. The Morgan fingerprint density at radius 2 is 1.85 bits per heavy atom. The SMILES string of the molecule is C[C@@H](Sc1nc(-c2ccccc2)cc(=O)[nH]1)C(=O)Nc1ccc(F)cc1. The van der Waals surface area contributed by atoms with Gasteiger partial charge in [-0.3, -0.25) is 9.59 Å². The van der Waals surface area contributed by atoms with E-state index in [2.05, 4.69) is 15.3 Å². The third-order valence-corrected chi connectivity index (χ3v) is 4.54. The highest BCUT2D eigenvalue weighted by Crippen LogP contribution is 2.23. The van der Waals surface area contributed by atoms with Crippen molar-refractivity contribution >= 4 is 23.4 Å². The van der Waals surface area contributed by atoms with Crippen LogP contribution in [0.25, 0.3) is 11.3 Å². The first-order valence-corrected chi connectivity index (χ1v) is 8.79. The van der Waals surface area contributed by atoms with E-state index in [1.165, 1.54) is 30.3 Å². The van der Waals surface area contributed by atoms with Gasteiger partial charge < -0.3 is 10.3 Å². The van der Waals surface area contributed by atoms with Crippen LogP contribution < -0.4 is 10.9 Å². The molecule has 0 bridgehead atoms. The number of amides is 1. The van der Waals surface area contributed by atoms with E-state index in [0.717, 1.165) is 17.3 Å². The van der Waals surface area contributed by atoms with Gasteiger partial charge in [0.05, 0.1) is 10.9 Å². The number of nitrogens with one attached hydrogen (secondary N) is 2. The maximum atomic E-state index is 12.9. The quantitative estimate of drug-likeness (QED) is 0.531. The highest BCUT2D eigenvalue weighted by molar-refractivity contribution is 8.00. The summed E-state index contributed by atoms with van der Waals surface area (Å²) >= 11 is 1.14. The van der Waals surface area contributed by atoms with Gasteiger partial charge in [-0.05, 0) is 31.2 Å². The van der Waals surface area contributed by atoms with Crippen LogP contribution in [0, 0.1) is 5.82 Å². The zero-order chi connectivity index (χ0) is 18.5. The molecule has 0 radical (unpaired) electrons. The number of aromatic amines is 1. The second-order valence-electron chi connectivity index (χ2n) is 5.56. The largest absolute Gasteiger partial charge is 0.325 e. The summed E-state index contributed by atoms with van der Waals surface area (Å²) in [5.74, 6) is -0.640. The van der Waals surface area contributed by atoms with Crippen LogP contribution in [0.15, 0.2) is 70.6 Å². The lowest BCUT2D eigenvalue weighted by Crippen LogP contribution is -2.23. The van der Waals surface area contributed by atoms with E-state index in [9.17, 15) is 14.0 Å². The fraction of sp³-hybridized carbons (Fsp3) is 0.105. The van der Waals surface area contributed by atoms with Crippen molar-refractivity contribution in [2.75, 3.05) is 5.32 Å². The minimum atomic E-state index is -0.505. The normalized spacial score (nSPS) is 11.8. The van der Waals surface area contributed by atoms with E-state index < -0.39 is 5.25 Å². The lowest BCUT2D eigenvalue weighted by Gasteiger charge is -2.12. The van der Waals surface area contributed by atoms with Crippen molar-refractivity contribution in [2.45, 2.75) is 17.3 Å². The minimum absolute atomic E-state index is 0.269. The molecule has 3 aromatic rings. The molecule has 0 spiro atoms. The predicted molar refractivity (Wildman–Crippen MR) is 101 cm³/mol. The highest BCUT2D eigenvalue weighted by Gasteiger charge is 2.17. The molecule has 0 aliphatic carbocycles. The second-order valence-corrected chi connectivity index (χ2v) is 6.89. The van der Waals surface area contributed by atoms with E-state index in [-0.39, 0.29) is 17.3 Å². The molecule has 132 valence electrons. The first-order valence-electron chi connectivity index (χ1n) is 7.91. The number of aromatic nitrogens is 2. The Morgan fingerprint density at radius 1 is 1.15 bits per heavy atom. The average Bonchev–Trinajstić information content (AvgIpc) is 2.64. The van der Waals surface area contributed by atoms with E-state index in [4.69, 9.17) is 0 Å². The van der Waals surface area contributed by atoms with Crippen molar-refractivity contribution in [1.29, 1.82) is 0 Å². The van der Waals surface area contributed by atoms with Crippen LogP contribution in [0.1, 0.15) is 6.92 Å². The Balaban J connectivity index is 1.73. The number of anilines is 1. The fourth-order valence-electron chi connectivity index (χ4n) is 2.25. The van der Waals surface area contributed by atoms with Gasteiger partial charge >= 0.3 is 0 Å². The molecule has 2 N–H and O–H groups in total. The number of carbonyl (C=O) groups excluding carboxylic acids is 1.